The number of fused-ring (bicyclic) bond motifs is 5. The van der Waals surface area contributed by atoms with Crippen molar-refractivity contribution in [1.29, 1.82) is 0 Å². The van der Waals surface area contributed by atoms with Gasteiger partial charge in [-0.1, -0.05) is 13.8 Å². The number of aliphatic hydroxyl groups is 2. The normalized spacial score (nSPS) is 15.4. The molecular weight excluding hydrogens is 637 g/mol. The molecule has 0 spiro atoms. The summed E-state index contributed by atoms with van der Waals surface area (Å²) in [5, 5.41) is 22.6. The highest BCUT2D eigenvalue weighted by Gasteiger charge is 2.35. The molecule has 3 aliphatic rings. The number of cyclic esters (lactones) is 1. The van der Waals surface area contributed by atoms with Crippen molar-refractivity contribution in [2.75, 3.05) is 33.4 Å². The molecule has 4 heterocycles. The first kappa shape index (κ1) is 39.0. The third-order valence-corrected chi connectivity index (χ3v) is 8.28. The summed E-state index contributed by atoms with van der Waals surface area (Å²) in [7, 11) is 1.44. The van der Waals surface area contributed by atoms with Crippen molar-refractivity contribution in [3.05, 3.63) is 61.7 Å². The number of aliphatic hydroxyl groups excluding tert-OH is 2. The van der Waals surface area contributed by atoms with Gasteiger partial charge in [-0.3, -0.25) is 9.59 Å². The number of urea groups is 1. The zero-order valence-electron chi connectivity index (χ0n) is 29.3. The SMILES string of the molecule is CC.CCOCC.CNC(=O)N(CC(N)=O)CC(C)O.Cc1c(F)cc2nc3c(c4c2c1CCC4)Cn1c-3cc2c(c1=O)COC(=O)C2O. The number of esters is 1. The molecule has 3 aromatic rings. The van der Waals surface area contributed by atoms with E-state index < -0.39 is 30.1 Å². The van der Waals surface area contributed by atoms with Crippen LogP contribution in [-0.2, 0) is 45.1 Å². The summed E-state index contributed by atoms with van der Waals surface area (Å²) in [5.41, 5.74) is 10.8. The fourth-order valence-corrected chi connectivity index (χ4v) is 6.15. The van der Waals surface area contributed by atoms with Crippen LogP contribution < -0.4 is 16.6 Å². The van der Waals surface area contributed by atoms with Crippen molar-refractivity contribution < 1.29 is 38.5 Å². The van der Waals surface area contributed by atoms with Gasteiger partial charge in [-0.2, -0.15) is 0 Å². The van der Waals surface area contributed by atoms with Gasteiger partial charge in [0.05, 0.1) is 35.1 Å². The first-order valence-corrected chi connectivity index (χ1v) is 16.6. The summed E-state index contributed by atoms with van der Waals surface area (Å²) in [6.45, 7) is 13.1. The molecule has 14 heteroatoms. The van der Waals surface area contributed by atoms with E-state index in [4.69, 9.17) is 25.3 Å². The van der Waals surface area contributed by atoms with Gasteiger partial charge in [-0.05, 0) is 69.7 Å². The molecule has 2 atom stereocenters. The van der Waals surface area contributed by atoms with Crippen molar-refractivity contribution in [2.24, 2.45) is 5.73 Å². The van der Waals surface area contributed by atoms with Crippen LogP contribution in [0.2, 0.25) is 0 Å². The van der Waals surface area contributed by atoms with Crippen LogP contribution in [0.1, 0.15) is 80.5 Å². The number of aromatic nitrogens is 2. The average Bonchev–Trinajstić information content (AvgIpc) is 3.45. The second kappa shape index (κ2) is 17.3. The third-order valence-electron chi connectivity index (χ3n) is 8.28. The van der Waals surface area contributed by atoms with Crippen molar-refractivity contribution in [3.8, 4) is 11.4 Å². The number of carbonyl (C=O) groups is 3. The quantitative estimate of drug-likeness (QED) is 0.222. The summed E-state index contributed by atoms with van der Waals surface area (Å²) < 4.78 is 25.9. The second-order valence-electron chi connectivity index (χ2n) is 11.5. The van der Waals surface area contributed by atoms with Crippen molar-refractivity contribution >= 4 is 28.8 Å². The molecule has 6 rings (SSSR count). The predicted octanol–water partition coefficient (Wildman–Crippen LogP) is 3.01. The van der Waals surface area contributed by atoms with Gasteiger partial charge in [0.25, 0.3) is 5.56 Å². The van der Waals surface area contributed by atoms with E-state index in [2.05, 4.69) is 5.32 Å². The number of benzene rings is 1. The first-order valence-electron chi connectivity index (χ1n) is 16.6. The monoisotopic (exact) mass is 685 g/mol. The maximum absolute atomic E-state index is 14.5. The number of amides is 3. The Morgan fingerprint density at radius 3 is 2.39 bits per heavy atom. The minimum atomic E-state index is -1.48. The summed E-state index contributed by atoms with van der Waals surface area (Å²) in [5.74, 6) is -1.64. The van der Waals surface area contributed by atoms with Crippen LogP contribution in [0.25, 0.3) is 22.3 Å². The Balaban J connectivity index is 0.000000274. The lowest BCUT2D eigenvalue weighted by Crippen LogP contribution is -2.46. The summed E-state index contributed by atoms with van der Waals surface area (Å²) >= 11 is 0. The van der Waals surface area contributed by atoms with E-state index in [9.17, 15) is 28.7 Å². The van der Waals surface area contributed by atoms with Crippen molar-refractivity contribution in [2.45, 2.75) is 86.2 Å². The van der Waals surface area contributed by atoms with Gasteiger partial charge in [0, 0.05) is 49.4 Å². The number of nitrogens with zero attached hydrogens (tertiary/aromatic N) is 3. The highest BCUT2D eigenvalue weighted by atomic mass is 19.1. The molecule has 1 aromatic carbocycles. The van der Waals surface area contributed by atoms with Crippen LogP contribution in [0.3, 0.4) is 0 Å². The van der Waals surface area contributed by atoms with E-state index in [-0.39, 0.29) is 36.6 Å². The molecule has 49 heavy (non-hydrogen) atoms. The van der Waals surface area contributed by atoms with E-state index in [0.717, 1.165) is 59.5 Å². The van der Waals surface area contributed by atoms with Gasteiger partial charge in [0.2, 0.25) is 5.91 Å². The van der Waals surface area contributed by atoms with Crippen LogP contribution in [0.15, 0.2) is 16.9 Å². The maximum atomic E-state index is 14.5. The molecule has 268 valence electrons. The number of hydrogen-bond donors (Lipinski definition) is 4. The average molecular weight is 686 g/mol. The number of hydrogen-bond acceptors (Lipinski definition) is 9. The van der Waals surface area contributed by atoms with Crippen molar-refractivity contribution in [3.63, 3.8) is 0 Å². The fraction of sp³-hybridized carbons (Fsp3) is 0.514. The molecule has 1 aliphatic carbocycles. The number of nitrogens with two attached hydrogens (primary N) is 1. The summed E-state index contributed by atoms with van der Waals surface area (Å²) in [6.07, 6.45) is 0.432. The number of carbonyl (C=O) groups excluding carboxylic acids is 3. The lowest BCUT2D eigenvalue weighted by molar-refractivity contribution is -0.157. The molecule has 5 N–H and O–H groups in total. The Morgan fingerprint density at radius 1 is 1.16 bits per heavy atom. The summed E-state index contributed by atoms with van der Waals surface area (Å²) in [4.78, 5) is 52.3. The zero-order valence-corrected chi connectivity index (χ0v) is 29.3. The van der Waals surface area contributed by atoms with Crippen LogP contribution in [0.5, 0.6) is 0 Å². The highest BCUT2D eigenvalue weighted by Crippen LogP contribution is 2.42. The molecule has 3 amide bonds. The van der Waals surface area contributed by atoms with E-state index in [0.29, 0.717) is 34.6 Å². The van der Waals surface area contributed by atoms with E-state index in [1.54, 1.807) is 17.6 Å². The standard InChI is InChI=1S/C22H17FN2O4.C7H15N3O3.C4H10O.C2H6/c1-9-10-3-2-4-11-13-7-25-17(19(13)24-16(18(10)11)6-15(9)23)5-12-14(21(25)27)8-29-22(28)20(12)26;1-5(11)3-10(4-6(8)12)7(13)9-2;1-3-5-4-2;1-2/h5-6,20,26H,2-4,7-8H2,1H3;5,11H,3-4H2,1-2H3,(H2,8,12)(H,9,13);3-4H2,1-2H3;1-2H3. The Bertz CT molecular complexity index is 1750. The zero-order chi connectivity index (χ0) is 36.6. The molecule has 0 saturated carbocycles. The van der Waals surface area contributed by atoms with Crippen LogP contribution in [0.4, 0.5) is 9.18 Å². The third kappa shape index (κ3) is 8.43. The van der Waals surface area contributed by atoms with Crippen LogP contribution >= 0.6 is 0 Å². The van der Waals surface area contributed by atoms with Gasteiger partial charge < -0.3 is 40.2 Å². The molecule has 0 saturated heterocycles. The number of pyridine rings is 2. The molecule has 13 nitrogen and oxygen atoms in total. The Kier molecular flexibility index (Phi) is 13.8. The minimum absolute atomic E-state index is 0.0859. The topological polar surface area (TPSA) is 186 Å². The van der Waals surface area contributed by atoms with E-state index in [1.165, 1.54) is 20.0 Å². The minimum Gasteiger partial charge on any atom is -0.458 e. The van der Waals surface area contributed by atoms with Crippen LogP contribution in [0, 0.1) is 12.7 Å². The lowest BCUT2D eigenvalue weighted by Gasteiger charge is -2.22. The molecule has 0 fully saturated rings. The van der Waals surface area contributed by atoms with E-state index >= 15 is 0 Å². The first-order chi connectivity index (χ1) is 23.3. The number of aryl methyl sites for hydroxylation is 2. The van der Waals surface area contributed by atoms with Crippen molar-refractivity contribution in [1.82, 2.24) is 19.8 Å². The van der Waals surface area contributed by atoms with Gasteiger partial charge in [-0.15, -0.1) is 0 Å². The second-order valence-corrected chi connectivity index (χ2v) is 11.5. The number of nitrogens with one attached hydrogen (secondary N) is 1. The largest absolute Gasteiger partial charge is 0.458 e. The number of primary amides is 1. The number of halogens is 1. The fourth-order valence-electron chi connectivity index (χ4n) is 6.15. The smallest absolute Gasteiger partial charge is 0.340 e. The van der Waals surface area contributed by atoms with Gasteiger partial charge >= 0.3 is 12.0 Å². The molecule has 2 unspecified atom stereocenters. The lowest BCUT2D eigenvalue weighted by atomic mass is 9.85. The van der Waals surface area contributed by atoms with E-state index in [1.807, 2.05) is 27.7 Å². The van der Waals surface area contributed by atoms with Gasteiger partial charge in [-0.25, -0.2) is 19.0 Å². The molecule has 0 radical (unpaired) electrons. The predicted molar refractivity (Wildman–Crippen MR) is 182 cm³/mol. The van der Waals surface area contributed by atoms with Gasteiger partial charge in [0.15, 0.2) is 6.10 Å². The molecule has 2 aromatic heterocycles. The Hall–Kier alpha value is -4.40. The highest BCUT2D eigenvalue weighted by molar-refractivity contribution is 5.92. The maximum Gasteiger partial charge on any atom is 0.340 e. The summed E-state index contributed by atoms with van der Waals surface area (Å²) in [6, 6.07) is 2.70. The molecular formula is C35H48FN5O8. The van der Waals surface area contributed by atoms with Gasteiger partial charge in [0.1, 0.15) is 19.0 Å². The Labute approximate surface area is 285 Å². The van der Waals surface area contributed by atoms with Crippen LogP contribution in [-0.4, -0.2) is 82.0 Å². The molecule has 0 bridgehead atoms. The number of ether oxygens (including phenoxy) is 2. The number of rotatable bonds is 6. The Morgan fingerprint density at radius 2 is 1.82 bits per heavy atom. The molecule has 2 aliphatic heterocycles.